The minimum atomic E-state index is -3.30. The van der Waals surface area contributed by atoms with Crippen molar-refractivity contribution in [1.82, 2.24) is 0 Å². The van der Waals surface area contributed by atoms with Crippen LogP contribution in [0.15, 0.2) is 24.3 Å². The molecule has 0 saturated heterocycles. The highest BCUT2D eigenvalue weighted by atomic mass is 32.2. The van der Waals surface area contributed by atoms with Crippen molar-refractivity contribution in [2.45, 2.75) is 31.4 Å². The van der Waals surface area contributed by atoms with E-state index in [1.807, 2.05) is 0 Å². The van der Waals surface area contributed by atoms with Gasteiger partial charge in [0.15, 0.2) is 9.84 Å². The van der Waals surface area contributed by atoms with Gasteiger partial charge in [0.1, 0.15) is 5.82 Å². The third kappa shape index (κ3) is 4.31. The number of hydrogen-bond acceptors (Lipinski definition) is 3. The lowest BCUT2D eigenvalue weighted by Crippen LogP contribution is -2.22. The van der Waals surface area contributed by atoms with Gasteiger partial charge in [-0.15, -0.1) is 0 Å². The number of halogens is 1. The summed E-state index contributed by atoms with van der Waals surface area (Å²) in [4.78, 5) is 11.2. The van der Waals surface area contributed by atoms with Gasteiger partial charge in [0.2, 0.25) is 0 Å². The molecule has 0 aromatic heterocycles. The van der Waals surface area contributed by atoms with Crippen LogP contribution in [0.25, 0.3) is 0 Å². The molecule has 0 fully saturated rings. The number of aliphatic carboxylic acids is 1. The minimum Gasteiger partial charge on any atom is -0.481 e. The van der Waals surface area contributed by atoms with E-state index in [4.69, 9.17) is 5.11 Å². The quantitative estimate of drug-likeness (QED) is 0.871. The second-order valence-corrected chi connectivity index (χ2v) is 7.33. The van der Waals surface area contributed by atoms with E-state index in [1.165, 1.54) is 18.2 Å². The summed E-state index contributed by atoms with van der Waals surface area (Å²) in [6.45, 7) is 3.10. The highest BCUT2D eigenvalue weighted by Crippen LogP contribution is 2.22. The number of sulfone groups is 1. The van der Waals surface area contributed by atoms with E-state index in [1.54, 1.807) is 13.8 Å². The Morgan fingerprint density at radius 2 is 2.00 bits per heavy atom. The van der Waals surface area contributed by atoms with Crippen LogP contribution in [0, 0.1) is 5.82 Å². The normalized spacial score (nSPS) is 13.5. The third-order valence-corrected chi connectivity index (χ3v) is 5.20. The zero-order valence-corrected chi connectivity index (χ0v) is 11.7. The summed E-state index contributed by atoms with van der Waals surface area (Å²) in [6, 6.07) is 5.25. The number of carboxylic acid groups (broad SMARTS) is 1. The van der Waals surface area contributed by atoms with E-state index in [9.17, 15) is 17.6 Å². The second kappa shape index (κ2) is 6.14. The molecule has 0 saturated carbocycles. The van der Waals surface area contributed by atoms with Gasteiger partial charge in [-0.05, 0) is 38.0 Å². The van der Waals surface area contributed by atoms with Crippen molar-refractivity contribution in [2.75, 3.05) is 5.75 Å². The van der Waals surface area contributed by atoms with Gasteiger partial charge >= 0.3 is 5.97 Å². The number of rotatable bonds is 6. The molecular weight excluding hydrogens is 271 g/mol. The summed E-state index contributed by atoms with van der Waals surface area (Å²) in [5.41, 5.74) is 0.284. The van der Waals surface area contributed by atoms with Crippen LogP contribution in [0.1, 0.15) is 31.7 Å². The molecule has 106 valence electrons. The fourth-order valence-corrected chi connectivity index (χ4v) is 2.71. The Morgan fingerprint density at radius 3 is 2.47 bits per heavy atom. The average Bonchev–Trinajstić information content (AvgIpc) is 2.28. The Balaban J connectivity index is 2.90. The van der Waals surface area contributed by atoms with Crippen molar-refractivity contribution in [3.8, 4) is 0 Å². The molecule has 0 bridgehead atoms. The van der Waals surface area contributed by atoms with E-state index in [-0.39, 0.29) is 17.7 Å². The monoisotopic (exact) mass is 288 g/mol. The number of carbonyl (C=O) groups is 1. The van der Waals surface area contributed by atoms with Gasteiger partial charge in [0.25, 0.3) is 0 Å². The van der Waals surface area contributed by atoms with Crippen LogP contribution in [0.2, 0.25) is 0 Å². The van der Waals surface area contributed by atoms with E-state index in [0.29, 0.717) is 0 Å². The molecule has 1 N–H and O–H groups in total. The van der Waals surface area contributed by atoms with Crippen LogP contribution >= 0.6 is 0 Å². The molecular formula is C13H17FO4S. The predicted octanol–water partition coefficient (Wildman–Crippen LogP) is 2.21. The van der Waals surface area contributed by atoms with E-state index < -0.39 is 32.8 Å². The van der Waals surface area contributed by atoms with Crippen LogP contribution in [-0.4, -0.2) is 30.5 Å². The molecule has 0 radical (unpaired) electrons. The first-order valence-corrected chi connectivity index (χ1v) is 7.65. The van der Waals surface area contributed by atoms with Crippen molar-refractivity contribution in [3.63, 3.8) is 0 Å². The van der Waals surface area contributed by atoms with E-state index >= 15 is 0 Å². The smallest absolute Gasteiger partial charge is 0.311 e. The number of benzene rings is 1. The molecule has 1 rings (SSSR count). The van der Waals surface area contributed by atoms with Gasteiger partial charge in [0, 0.05) is 0 Å². The molecule has 0 spiro atoms. The Hall–Kier alpha value is -1.43. The molecule has 4 nitrogen and oxygen atoms in total. The van der Waals surface area contributed by atoms with Crippen LogP contribution < -0.4 is 0 Å². The lowest BCUT2D eigenvalue weighted by molar-refractivity contribution is -0.138. The summed E-state index contributed by atoms with van der Waals surface area (Å²) >= 11 is 0. The van der Waals surface area contributed by atoms with E-state index in [2.05, 4.69) is 0 Å². The largest absolute Gasteiger partial charge is 0.481 e. The van der Waals surface area contributed by atoms with Crippen LogP contribution in [0.5, 0.6) is 0 Å². The first-order valence-electron chi connectivity index (χ1n) is 5.94. The SMILES string of the molecule is CC(C)S(=O)(=O)CCC(C(=O)O)c1cccc(F)c1. The molecule has 0 aliphatic heterocycles. The number of hydrogen-bond donors (Lipinski definition) is 1. The topological polar surface area (TPSA) is 71.4 Å². The molecule has 0 heterocycles. The van der Waals surface area contributed by atoms with Crippen molar-refractivity contribution < 1.29 is 22.7 Å². The summed E-state index contributed by atoms with van der Waals surface area (Å²) in [5, 5.41) is 8.59. The van der Waals surface area contributed by atoms with Crippen LogP contribution in [-0.2, 0) is 14.6 Å². The van der Waals surface area contributed by atoms with Gasteiger partial charge in [-0.1, -0.05) is 12.1 Å². The zero-order chi connectivity index (χ0) is 14.6. The summed E-state index contributed by atoms with van der Waals surface area (Å²) in [6.07, 6.45) is -0.0562. The maximum Gasteiger partial charge on any atom is 0.311 e. The Kier molecular flexibility index (Phi) is 5.05. The molecule has 1 aromatic carbocycles. The standard InChI is InChI=1S/C13H17FO4S/c1-9(2)19(17,18)7-6-12(13(15)16)10-4-3-5-11(14)8-10/h3-5,8-9,12H,6-7H2,1-2H3,(H,15,16). The lowest BCUT2D eigenvalue weighted by Gasteiger charge is -2.14. The summed E-state index contributed by atoms with van der Waals surface area (Å²) in [7, 11) is -3.30. The van der Waals surface area contributed by atoms with Crippen LogP contribution in [0.4, 0.5) is 4.39 Å². The molecule has 19 heavy (non-hydrogen) atoms. The van der Waals surface area contributed by atoms with Gasteiger partial charge in [-0.2, -0.15) is 0 Å². The predicted molar refractivity (Wildman–Crippen MR) is 70.3 cm³/mol. The van der Waals surface area contributed by atoms with Crippen molar-refractivity contribution in [2.24, 2.45) is 0 Å². The summed E-state index contributed by atoms with van der Waals surface area (Å²) in [5.74, 6) is -2.91. The molecule has 1 aromatic rings. The highest BCUT2D eigenvalue weighted by Gasteiger charge is 2.24. The molecule has 0 aliphatic rings. The summed E-state index contributed by atoms with van der Waals surface area (Å²) < 4.78 is 36.5. The fourth-order valence-electron chi connectivity index (χ4n) is 1.67. The maximum atomic E-state index is 13.1. The Bertz CT molecular complexity index is 552. The highest BCUT2D eigenvalue weighted by molar-refractivity contribution is 7.91. The third-order valence-electron chi connectivity index (χ3n) is 2.96. The Morgan fingerprint density at radius 1 is 1.37 bits per heavy atom. The van der Waals surface area contributed by atoms with Gasteiger partial charge in [0.05, 0.1) is 16.9 Å². The first kappa shape index (κ1) is 15.6. The molecule has 1 unspecified atom stereocenters. The second-order valence-electron chi connectivity index (χ2n) is 4.65. The van der Waals surface area contributed by atoms with Gasteiger partial charge in [-0.3, -0.25) is 4.79 Å². The molecule has 0 aliphatic carbocycles. The fraction of sp³-hybridized carbons (Fsp3) is 0.462. The first-order chi connectivity index (χ1) is 8.74. The maximum absolute atomic E-state index is 13.1. The molecule has 1 atom stereocenters. The molecule has 6 heteroatoms. The van der Waals surface area contributed by atoms with Crippen molar-refractivity contribution in [3.05, 3.63) is 35.6 Å². The molecule has 0 amide bonds. The Labute approximate surface area is 112 Å². The number of carboxylic acids is 1. The average molecular weight is 288 g/mol. The van der Waals surface area contributed by atoms with Crippen LogP contribution in [0.3, 0.4) is 0 Å². The van der Waals surface area contributed by atoms with Crippen molar-refractivity contribution >= 4 is 15.8 Å². The zero-order valence-electron chi connectivity index (χ0n) is 10.8. The van der Waals surface area contributed by atoms with E-state index in [0.717, 1.165) is 6.07 Å². The lowest BCUT2D eigenvalue weighted by atomic mass is 9.97. The van der Waals surface area contributed by atoms with Gasteiger partial charge < -0.3 is 5.11 Å². The minimum absolute atomic E-state index is 0.0562. The van der Waals surface area contributed by atoms with Gasteiger partial charge in [-0.25, -0.2) is 12.8 Å². The van der Waals surface area contributed by atoms with Crippen molar-refractivity contribution in [1.29, 1.82) is 0 Å².